The summed E-state index contributed by atoms with van der Waals surface area (Å²) in [6.07, 6.45) is 0.854. The van der Waals surface area contributed by atoms with E-state index < -0.39 is 16.0 Å². The van der Waals surface area contributed by atoms with Crippen LogP contribution in [0.4, 0.5) is 11.5 Å². The Morgan fingerprint density at radius 1 is 1.28 bits per heavy atom. The second kappa shape index (κ2) is 9.82. The minimum absolute atomic E-state index is 0.0212. The van der Waals surface area contributed by atoms with Crippen LogP contribution in [0.3, 0.4) is 0 Å². The van der Waals surface area contributed by atoms with E-state index in [1.807, 2.05) is 6.92 Å². The molecule has 0 saturated carbocycles. The van der Waals surface area contributed by atoms with Crippen molar-refractivity contribution in [1.29, 1.82) is 0 Å². The molecule has 0 aliphatic carbocycles. The number of hydrogen-bond acceptors (Lipinski definition) is 9. The van der Waals surface area contributed by atoms with Crippen LogP contribution in [0.25, 0.3) is 0 Å². The average Bonchev–Trinajstić information content (AvgIpc) is 3.06. The van der Waals surface area contributed by atoms with Crippen LogP contribution in [-0.4, -0.2) is 31.3 Å². The van der Waals surface area contributed by atoms with E-state index in [4.69, 9.17) is 9.26 Å². The van der Waals surface area contributed by atoms with Crippen LogP contribution in [-0.2, 0) is 19.6 Å². The lowest BCUT2D eigenvalue weighted by Gasteiger charge is -2.05. The highest BCUT2D eigenvalue weighted by Gasteiger charge is 2.17. The van der Waals surface area contributed by atoms with Gasteiger partial charge in [0.05, 0.1) is 17.2 Å². The fraction of sp³-hybridized carbons (Fsp3) is 0.333. The topological polar surface area (TPSA) is 143 Å². The molecule has 0 radical (unpaired) electrons. The van der Waals surface area contributed by atoms with E-state index in [1.54, 1.807) is 13.8 Å². The number of sulfonamides is 1. The third kappa shape index (κ3) is 6.14. The standard InChI is InChI=1S/C18H22N4O6S/c1-4-6-15(23)17(18(24)27-5-2)20-19-13-7-9-14(10-8-13)29(25,26)22-16-11-12(3)28-21-16/h7-11,23H,4-6H2,1-3H3,(H,21,22)/b17-15+,20-19?. The molecule has 2 N–H and O–H groups in total. The van der Waals surface area contributed by atoms with Crippen LogP contribution in [0.15, 0.2) is 61.4 Å². The fourth-order valence-corrected chi connectivity index (χ4v) is 3.17. The molecule has 0 aliphatic heterocycles. The van der Waals surface area contributed by atoms with Gasteiger partial charge in [-0.2, -0.15) is 5.11 Å². The quantitative estimate of drug-likeness (QED) is 0.269. The van der Waals surface area contributed by atoms with Gasteiger partial charge >= 0.3 is 5.97 Å². The normalized spacial score (nSPS) is 12.7. The minimum atomic E-state index is -3.86. The van der Waals surface area contributed by atoms with Crippen molar-refractivity contribution in [2.75, 3.05) is 11.3 Å². The molecule has 2 rings (SSSR count). The molecule has 0 bridgehead atoms. The minimum Gasteiger partial charge on any atom is -0.510 e. The zero-order chi connectivity index (χ0) is 21.4. The molecule has 156 valence electrons. The Bertz CT molecular complexity index is 1010. The van der Waals surface area contributed by atoms with Crippen molar-refractivity contribution in [2.45, 2.75) is 38.5 Å². The summed E-state index contributed by atoms with van der Waals surface area (Å²) in [7, 11) is -3.86. The number of rotatable bonds is 9. The van der Waals surface area contributed by atoms with Crippen LogP contribution < -0.4 is 4.72 Å². The molecule has 0 aliphatic rings. The molecule has 29 heavy (non-hydrogen) atoms. The summed E-state index contributed by atoms with van der Waals surface area (Å²) in [5, 5.41) is 21.3. The van der Waals surface area contributed by atoms with Crippen LogP contribution in [0, 0.1) is 6.92 Å². The summed E-state index contributed by atoms with van der Waals surface area (Å²) in [5.74, 6) is -0.466. The number of esters is 1. The highest BCUT2D eigenvalue weighted by molar-refractivity contribution is 7.92. The predicted molar refractivity (Wildman–Crippen MR) is 104 cm³/mol. The number of aromatic nitrogens is 1. The number of ether oxygens (including phenoxy) is 1. The Morgan fingerprint density at radius 2 is 1.97 bits per heavy atom. The van der Waals surface area contributed by atoms with Gasteiger partial charge in [-0.1, -0.05) is 12.1 Å². The number of hydrogen-bond donors (Lipinski definition) is 2. The second-order valence-electron chi connectivity index (χ2n) is 5.89. The van der Waals surface area contributed by atoms with Gasteiger partial charge in [-0.05, 0) is 44.5 Å². The Morgan fingerprint density at radius 3 is 2.52 bits per heavy atom. The van der Waals surface area contributed by atoms with Crippen LogP contribution in [0.2, 0.25) is 0 Å². The number of aryl methyl sites for hydroxylation is 1. The number of aliphatic hydroxyl groups is 1. The smallest absolute Gasteiger partial charge is 0.362 e. The van der Waals surface area contributed by atoms with Crippen LogP contribution in [0.1, 0.15) is 32.4 Å². The maximum absolute atomic E-state index is 12.4. The number of nitrogens with one attached hydrogen (secondary N) is 1. The molecular formula is C18H22N4O6S. The number of aliphatic hydroxyl groups excluding tert-OH is 1. The fourth-order valence-electron chi connectivity index (χ4n) is 2.18. The SMILES string of the molecule is CCC/C(O)=C(\N=Nc1ccc(S(=O)(=O)Nc2cc(C)on2)cc1)C(=O)OCC. The zero-order valence-electron chi connectivity index (χ0n) is 16.2. The largest absolute Gasteiger partial charge is 0.510 e. The molecular weight excluding hydrogens is 400 g/mol. The summed E-state index contributed by atoms with van der Waals surface area (Å²) < 4.78 is 36.7. The summed E-state index contributed by atoms with van der Waals surface area (Å²) in [5.41, 5.74) is 0.000735. The third-order valence-electron chi connectivity index (χ3n) is 3.51. The van der Waals surface area contributed by atoms with Gasteiger partial charge in [0, 0.05) is 12.5 Å². The predicted octanol–water partition coefficient (Wildman–Crippen LogP) is 4.00. The molecule has 2 aromatic rings. The molecule has 1 aromatic heterocycles. The third-order valence-corrected chi connectivity index (χ3v) is 4.88. The summed E-state index contributed by atoms with van der Waals surface area (Å²) >= 11 is 0. The van der Waals surface area contributed by atoms with E-state index in [1.165, 1.54) is 30.3 Å². The van der Waals surface area contributed by atoms with E-state index in [0.29, 0.717) is 12.2 Å². The van der Waals surface area contributed by atoms with Crippen molar-refractivity contribution in [3.63, 3.8) is 0 Å². The first-order chi connectivity index (χ1) is 13.8. The number of carbonyl (C=O) groups is 1. The summed E-state index contributed by atoms with van der Waals surface area (Å²) in [6, 6.07) is 6.91. The van der Waals surface area contributed by atoms with Gasteiger partial charge in [0.25, 0.3) is 10.0 Å². The second-order valence-corrected chi connectivity index (χ2v) is 7.57. The van der Waals surface area contributed by atoms with Crippen LogP contribution in [0.5, 0.6) is 0 Å². The number of carbonyl (C=O) groups excluding carboxylic acids is 1. The van der Waals surface area contributed by atoms with Gasteiger partial charge in [-0.3, -0.25) is 4.72 Å². The van der Waals surface area contributed by atoms with Gasteiger partial charge < -0.3 is 14.4 Å². The molecule has 0 unspecified atom stereocenters. The monoisotopic (exact) mass is 422 g/mol. The molecule has 0 spiro atoms. The van der Waals surface area contributed by atoms with Crippen molar-refractivity contribution in [1.82, 2.24) is 5.16 Å². The molecule has 1 aromatic carbocycles. The van der Waals surface area contributed by atoms with Crippen molar-refractivity contribution in [3.05, 3.63) is 47.5 Å². The first-order valence-corrected chi connectivity index (χ1v) is 10.3. The van der Waals surface area contributed by atoms with Crippen molar-refractivity contribution >= 4 is 27.5 Å². The average molecular weight is 422 g/mol. The Labute approximate surface area is 168 Å². The molecule has 0 fully saturated rings. The number of allylic oxidation sites excluding steroid dienone is 1. The zero-order valence-corrected chi connectivity index (χ0v) is 17.1. The van der Waals surface area contributed by atoms with Gasteiger partial charge in [-0.15, -0.1) is 5.11 Å². The van der Waals surface area contributed by atoms with E-state index in [9.17, 15) is 18.3 Å². The van der Waals surface area contributed by atoms with Gasteiger partial charge in [0.1, 0.15) is 11.5 Å². The molecule has 0 saturated heterocycles. The highest BCUT2D eigenvalue weighted by atomic mass is 32.2. The number of azo groups is 1. The summed E-state index contributed by atoms with van der Waals surface area (Å²) in [4.78, 5) is 11.9. The first kappa shape index (κ1) is 22.1. The van der Waals surface area contributed by atoms with E-state index in [-0.39, 0.29) is 40.9 Å². The lowest BCUT2D eigenvalue weighted by atomic mass is 10.2. The number of benzene rings is 1. The first-order valence-electron chi connectivity index (χ1n) is 8.84. The Hall–Kier alpha value is -3.21. The lowest BCUT2D eigenvalue weighted by molar-refractivity contribution is -0.138. The highest BCUT2D eigenvalue weighted by Crippen LogP contribution is 2.21. The van der Waals surface area contributed by atoms with Crippen molar-refractivity contribution < 1.29 is 27.6 Å². The molecule has 10 nitrogen and oxygen atoms in total. The molecule has 1 heterocycles. The molecule has 0 atom stereocenters. The van der Waals surface area contributed by atoms with Gasteiger partial charge in [0.15, 0.2) is 5.82 Å². The van der Waals surface area contributed by atoms with Gasteiger partial charge in [0.2, 0.25) is 5.70 Å². The lowest BCUT2D eigenvalue weighted by Crippen LogP contribution is -2.12. The molecule has 0 amide bonds. The van der Waals surface area contributed by atoms with E-state index in [0.717, 1.165) is 0 Å². The maximum atomic E-state index is 12.4. The Balaban J connectivity index is 2.20. The number of nitrogens with zero attached hydrogens (tertiary/aromatic N) is 3. The van der Waals surface area contributed by atoms with E-state index >= 15 is 0 Å². The van der Waals surface area contributed by atoms with Crippen molar-refractivity contribution in [2.24, 2.45) is 10.2 Å². The van der Waals surface area contributed by atoms with E-state index in [2.05, 4.69) is 20.1 Å². The molecule has 11 heteroatoms. The van der Waals surface area contributed by atoms with Gasteiger partial charge in [-0.25, -0.2) is 13.2 Å². The van der Waals surface area contributed by atoms with Crippen molar-refractivity contribution in [3.8, 4) is 0 Å². The number of anilines is 1. The maximum Gasteiger partial charge on any atom is 0.362 e. The summed E-state index contributed by atoms with van der Waals surface area (Å²) in [6.45, 7) is 5.24. The van der Waals surface area contributed by atoms with Crippen LogP contribution >= 0.6 is 0 Å². The Kier molecular flexibility index (Phi) is 7.48.